The number of hydrogen-bond donors (Lipinski definition) is 1. The van der Waals surface area contributed by atoms with Crippen LogP contribution < -0.4 is 15.1 Å². The molecule has 1 N–H and O–H groups in total. The van der Waals surface area contributed by atoms with Gasteiger partial charge in [0, 0.05) is 0 Å². The molecule has 1 aliphatic heterocycles. The molecule has 3 nitrogen and oxygen atoms in total. The average Bonchev–Trinajstić information content (AvgIpc) is 2.40. The van der Waals surface area contributed by atoms with Crippen LogP contribution in [-0.2, 0) is 4.57 Å². The van der Waals surface area contributed by atoms with E-state index < -0.39 is 12.6 Å². The molecule has 104 valence electrons. The molecule has 1 unspecified atom stereocenters. The van der Waals surface area contributed by atoms with Crippen LogP contribution in [0, 0.1) is 6.92 Å². The number of nitrogens with one attached hydrogen (secondary N) is 1. The molecule has 0 saturated carbocycles. The smallest absolute Gasteiger partial charge is 0.301 e. The number of para-hydroxylation sites is 2. The van der Waals surface area contributed by atoms with Crippen LogP contribution in [0.5, 0.6) is 5.75 Å². The molecule has 2 aromatic rings. The number of aryl methyl sites for hydroxylation is 1. The van der Waals surface area contributed by atoms with Gasteiger partial charge in [-0.05, 0) is 45.0 Å². The maximum atomic E-state index is 13.5. The fraction of sp³-hybridized carbons (Fsp3) is 0.250. The van der Waals surface area contributed by atoms with E-state index in [-0.39, 0.29) is 0 Å². The predicted molar refractivity (Wildman–Crippen MR) is 83.2 cm³/mol. The van der Waals surface area contributed by atoms with Crippen LogP contribution in [0.15, 0.2) is 48.5 Å². The van der Waals surface area contributed by atoms with Crippen molar-refractivity contribution in [3.63, 3.8) is 0 Å². The van der Waals surface area contributed by atoms with Gasteiger partial charge in [-0.15, -0.1) is 0 Å². The van der Waals surface area contributed by atoms with Gasteiger partial charge in [0.1, 0.15) is 11.0 Å². The first-order valence-corrected chi connectivity index (χ1v) is 8.29. The molecule has 1 aliphatic rings. The molecule has 20 heavy (non-hydrogen) atoms. The highest BCUT2D eigenvalue weighted by Crippen LogP contribution is 2.61. The first-order valence-electron chi connectivity index (χ1n) is 6.67. The second-order valence-corrected chi connectivity index (χ2v) is 8.58. The third-order valence-corrected chi connectivity index (χ3v) is 6.68. The lowest BCUT2D eigenvalue weighted by Crippen LogP contribution is -2.40. The summed E-state index contributed by atoms with van der Waals surface area (Å²) < 4.78 is 19.4. The van der Waals surface area contributed by atoms with Gasteiger partial charge in [-0.25, -0.2) is 0 Å². The number of rotatable bonds is 1. The minimum atomic E-state index is -3.03. The van der Waals surface area contributed by atoms with E-state index in [1.54, 1.807) is 0 Å². The molecule has 0 aromatic heterocycles. The largest absolute Gasteiger partial charge is 0.436 e. The van der Waals surface area contributed by atoms with Crippen molar-refractivity contribution < 1.29 is 9.09 Å². The standard InChI is InChI=1S/C16H18NO2P/c1-12-8-10-13(11-9-12)20(18)16(2,3)17-14-6-4-5-7-15(14)19-20/h4-11,17H,1-3H3. The molecule has 1 heterocycles. The molecule has 0 bridgehead atoms. The summed E-state index contributed by atoms with van der Waals surface area (Å²) in [6.07, 6.45) is 0. The Morgan fingerprint density at radius 2 is 1.70 bits per heavy atom. The van der Waals surface area contributed by atoms with Gasteiger partial charge in [-0.3, -0.25) is 4.57 Å². The first-order chi connectivity index (χ1) is 9.42. The highest BCUT2D eigenvalue weighted by molar-refractivity contribution is 7.69. The summed E-state index contributed by atoms with van der Waals surface area (Å²) >= 11 is 0. The molecule has 4 heteroatoms. The molecule has 2 aromatic carbocycles. The third kappa shape index (κ3) is 1.94. The lowest BCUT2D eigenvalue weighted by molar-refractivity contribution is 0.454. The number of fused-ring (bicyclic) bond motifs is 1. The predicted octanol–water partition coefficient (Wildman–Crippen LogP) is 4.14. The van der Waals surface area contributed by atoms with E-state index in [4.69, 9.17) is 4.52 Å². The van der Waals surface area contributed by atoms with Gasteiger partial charge in [0.05, 0.1) is 11.0 Å². The monoisotopic (exact) mass is 287 g/mol. The van der Waals surface area contributed by atoms with Gasteiger partial charge in [0.25, 0.3) is 0 Å². The summed E-state index contributed by atoms with van der Waals surface area (Å²) in [4.78, 5) is 0. The maximum absolute atomic E-state index is 13.5. The number of anilines is 1. The van der Waals surface area contributed by atoms with Crippen molar-refractivity contribution in [2.75, 3.05) is 5.32 Å². The average molecular weight is 287 g/mol. The molecular formula is C16H18NO2P. The quantitative estimate of drug-likeness (QED) is 0.801. The summed E-state index contributed by atoms with van der Waals surface area (Å²) in [6, 6.07) is 15.3. The molecule has 0 saturated heterocycles. The van der Waals surface area contributed by atoms with Crippen molar-refractivity contribution in [2.24, 2.45) is 0 Å². The Hall–Kier alpha value is -1.73. The minimum absolute atomic E-state index is 0.642. The van der Waals surface area contributed by atoms with E-state index in [0.29, 0.717) is 5.75 Å². The molecule has 3 rings (SSSR count). The fourth-order valence-electron chi connectivity index (χ4n) is 2.42. The van der Waals surface area contributed by atoms with Crippen LogP contribution in [0.2, 0.25) is 0 Å². The van der Waals surface area contributed by atoms with Crippen LogP contribution in [0.4, 0.5) is 5.69 Å². The van der Waals surface area contributed by atoms with E-state index in [9.17, 15) is 4.57 Å². The second kappa shape index (κ2) is 4.39. The zero-order valence-electron chi connectivity index (χ0n) is 11.9. The van der Waals surface area contributed by atoms with Crippen molar-refractivity contribution in [1.82, 2.24) is 0 Å². The lowest BCUT2D eigenvalue weighted by Gasteiger charge is -2.40. The Bertz CT molecular complexity index is 692. The van der Waals surface area contributed by atoms with Crippen molar-refractivity contribution in [1.29, 1.82) is 0 Å². The number of hydrogen-bond acceptors (Lipinski definition) is 3. The van der Waals surface area contributed by atoms with Crippen LogP contribution in [0.1, 0.15) is 19.4 Å². The number of benzene rings is 2. The second-order valence-electron chi connectivity index (χ2n) is 5.66. The van der Waals surface area contributed by atoms with Gasteiger partial charge in [0.2, 0.25) is 0 Å². The highest BCUT2D eigenvalue weighted by atomic mass is 31.2. The van der Waals surface area contributed by atoms with Crippen molar-refractivity contribution in [2.45, 2.75) is 26.1 Å². The molecule has 1 atom stereocenters. The maximum Gasteiger partial charge on any atom is 0.301 e. The molecule has 0 amide bonds. The van der Waals surface area contributed by atoms with E-state index in [0.717, 1.165) is 16.6 Å². The van der Waals surface area contributed by atoms with Gasteiger partial charge in [0.15, 0.2) is 0 Å². The van der Waals surface area contributed by atoms with Crippen molar-refractivity contribution in [3.8, 4) is 5.75 Å². The molecule has 0 radical (unpaired) electrons. The van der Waals surface area contributed by atoms with Gasteiger partial charge in [-0.1, -0.05) is 29.8 Å². The SMILES string of the molecule is Cc1ccc(P2(=O)Oc3ccccc3NC2(C)C)cc1. The minimum Gasteiger partial charge on any atom is -0.436 e. The molecular weight excluding hydrogens is 269 g/mol. The first kappa shape index (κ1) is 13.3. The van der Waals surface area contributed by atoms with Crippen LogP contribution in [0.25, 0.3) is 0 Å². The van der Waals surface area contributed by atoms with Crippen LogP contribution in [-0.4, -0.2) is 5.28 Å². The Morgan fingerprint density at radius 1 is 1.05 bits per heavy atom. The van der Waals surface area contributed by atoms with Crippen LogP contribution in [0.3, 0.4) is 0 Å². The summed E-state index contributed by atoms with van der Waals surface area (Å²) in [5.41, 5.74) is 2.03. The van der Waals surface area contributed by atoms with E-state index in [2.05, 4.69) is 5.32 Å². The van der Waals surface area contributed by atoms with Gasteiger partial charge in [-0.2, -0.15) is 0 Å². The zero-order chi connectivity index (χ0) is 14.4. The Morgan fingerprint density at radius 3 is 2.40 bits per heavy atom. The Labute approximate surface area is 119 Å². The van der Waals surface area contributed by atoms with E-state index >= 15 is 0 Å². The summed E-state index contributed by atoms with van der Waals surface area (Å²) in [5, 5.41) is 3.46. The van der Waals surface area contributed by atoms with Crippen molar-refractivity contribution >= 4 is 18.4 Å². The summed E-state index contributed by atoms with van der Waals surface area (Å²) in [5.74, 6) is 0.649. The van der Waals surface area contributed by atoms with Gasteiger partial charge >= 0.3 is 7.37 Å². The van der Waals surface area contributed by atoms with Crippen molar-refractivity contribution in [3.05, 3.63) is 54.1 Å². The van der Waals surface area contributed by atoms with E-state index in [1.165, 1.54) is 0 Å². The normalized spacial score (nSPS) is 23.4. The summed E-state index contributed by atoms with van der Waals surface area (Å²) in [7, 11) is -3.03. The molecule has 0 aliphatic carbocycles. The highest BCUT2D eigenvalue weighted by Gasteiger charge is 2.48. The topological polar surface area (TPSA) is 38.3 Å². The Kier molecular flexibility index (Phi) is 2.91. The fourth-order valence-corrected chi connectivity index (χ4v) is 4.65. The summed E-state index contributed by atoms with van der Waals surface area (Å²) in [6.45, 7) is 5.85. The zero-order valence-corrected chi connectivity index (χ0v) is 12.8. The molecule has 0 fully saturated rings. The van der Waals surface area contributed by atoms with E-state index in [1.807, 2.05) is 69.3 Å². The molecule has 0 spiro atoms. The Balaban J connectivity index is 2.13. The third-order valence-electron chi connectivity index (χ3n) is 3.66. The van der Waals surface area contributed by atoms with Gasteiger partial charge < -0.3 is 9.84 Å². The lowest BCUT2D eigenvalue weighted by atomic mass is 10.2. The van der Waals surface area contributed by atoms with Crippen LogP contribution >= 0.6 is 7.37 Å².